The second-order valence-electron chi connectivity index (χ2n) is 5.61. The molecular formula is C18H20FNO5S. The van der Waals surface area contributed by atoms with Gasteiger partial charge in [0.2, 0.25) is 10.0 Å². The molecule has 0 fully saturated rings. The Kier molecular flexibility index (Phi) is 6.70. The van der Waals surface area contributed by atoms with E-state index in [0.717, 1.165) is 17.7 Å². The highest BCUT2D eigenvalue weighted by Gasteiger charge is 2.25. The highest BCUT2D eigenvalue weighted by Crippen LogP contribution is 2.14. The lowest BCUT2D eigenvalue weighted by Gasteiger charge is -2.14. The van der Waals surface area contributed by atoms with Crippen molar-refractivity contribution in [3.63, 3.8) is 0 Å². The summed E-state index contributed by atoms with van der Waals surface area (Å²) in [4.78, 5) is 11.4. The average Bonchev–Trinajstić information content (AvgIpc) is 2.58. The summed E-state index contributed by atoms with van der Waals surface area (Å²) in [7, 11) is -4.17. The van der Waals surface area contributed by atoms with Crippen LogP contribution in [-0.2, 0) is 19.6 Å². The Bertz CT molecular complexity index is 869. The minimum Gasteiger partial charge on any atom is -0.490 e. The minimum atomic E-state index is -4.17. The summed E-state index contributed by atoms with van der Waals surface area (Å²) in [6.45, 7) is 3.33. The van der Waals surface area contributed by atoms with Crippen LogP contribution in [0, 0.1) is 12.7 Å². The van der Waals surface area contributed by atoms with Crippen LogP contribution in [0.5, 0.6) is 5.75 Å². The fourth-order valence-corrected chi connectivity index (χ4v) is 3.41. The molecule has 26 heavy (non-hydrogen) atoms. The summed E-state index contributed by atoms with van der Waals surface area (Å²) in [6, 6.07) is 11.1. The number of hydrogen-bond acceptors (Lipinski definition) is 5. The first-order valence-corrected chi connectivity index (χ1v) is 9.41. The van der Waals surface area contributed by atoms with Crippen LogP contribution in [0.4, 0.5) is 4.39 Å². The number of ether oxygens (including phenoxy) is 2. The third-order valence-corrected chi connectivity index (χ3v) is 4.97. The lowest BCUT2D eigenvalue weighted by atomic mass is 10.2. The summed E-state index contributed by atoms with van der Waals surface area (Å²) in [6.07, 6.45) is 0. The number of nitrogens with one attached hydrogen (secondary N) is 1. The lowest BCUT2D eigenvalue weighted by molar-refractivity contribution is -0.145. The van der Waals surface area contributed by atoms with E-state index in [1.807, 2.05) is 25.1 Å². The van der Waals surface area contributed by atoms with Crippen LogP contribution in [-0.4, -0.2) is 33.6 Å². The number of esters is 1. The normalized spacial score (nSPS) is 12.4. The summed E-state index contributed by atoms with van der Waals surface area (Å²) in [5.74, 6) is -1.03. The fourth-order valence-electron chi connectivity index (χ4n) is 2.14. The van der Waals surface area contributed by atoms with Crippen LogP contribution in [0.3, 0.4) is 0 Å². The molecule has 0 amide bonds. The maximum absolute atomic E-state index is 13.6. The lowest BCUT2D eigenvalue weighted by Crippen LogP contribution is -2.40. The summed E-state index contributed by atoms with van der Waals surface area (Å²) in [5.41, 5.74) is 1.04. The van der Waals surface area contributed by atoms with Crippen molar-refractivity contribution in [1.29, 1.82) is 0 Å². The first-order valence-electron chi connectivity index (χ1n) is 7.92. The van der Waals surface area contributed by atoms with Crippen molar-refractivity contribution in [2.75, 3.05) is 13.2 Å². The van der Waals surface area contributed by atoms with Gasteiger partial charge in [0.15, 0.2) is 0 Å². The molecule has 1 N–H and O–H groups in total. The maximum atomic E-state index is 13.6. The Morgan fingerprint density at radius 1 is 1.15 bits per heavy atom. The molecule has 0 aliphatic heterocycles. The Morgan fingerprint density at radius 2 is 1.88 bits per heavy atom. The van der Waals surface area contributed by atoms with Gasteiger partial charge >= 0.3 is 5.97 Å². The van der Waals surface area contributed by atoms with Gasteiger partial charge < -0.3 is 9.47 Å². The van der Waals surface area contributed by atoms with E-state index in [-0.39, 0.29) is 13.2 Å². The van der Waals surface area contributed by atoms with Crippen LogP contribution in [0.25, 0.3) is 0 Å². The molecular weight excluding hydrogens is 361 g/mol. The van der Waals surface area contributed by atoms with E-state index in [4.69, 9.17) is 9.47 Å². The number of rotatable bonds is 8. The molecule has 0 saturated heterocycles. The molecule has 2 aromatic carbocycles. The molecule has 0 aliphatic carbocycles. The van der Waals surface area contributed by atoms with E-state index in [1.54, 1.807) is 6.07 Å². The second kappa shape index (κ2) is 8.77. The van der Waals surface area contributed by atoms with Crippen LogP contribution >= 0.6 is 0 Å². The Morgan fingerprint density at radius 3 is 2.58 bits per heavy atom. The number of carbonyl (C=O) groups excluding carboxylic acids is 1. The van der Waals surface area contributed by atoms with Crippen molar-refractivity contribution in [3.8, 4) is 5.75 Å². The third-order valence-electron chi connectivity index (χ3n) is 3.40. The largest absolute Gasteiger partial charge is 0.490 e. The van der Waals surface area contributed by atoms with E-state index in [1.165, 1.54) is 19.1 Å². The van der Waals surface area contributed by atoms with E-state index >= 15 is 0 Å². The van der Waals surface area contributed by atoms with Crippen molar-refractivity contribution < 1.29 is 27.1 Å². The van der Waals surface area contributed by atoms with Crippen LogP contribution in [0.1, 0.15) is 12.5 Å². The number of carbonyl (C=O) groups is 1. The Labute approximate surface area is 152 Å². The van der Waals surface area contributed by atoms with Gasteiger partial charge in [0, 0.05) is 0 Å². The van der Waals surface area contributed by atoms with E-state index < -0.39 is 32.7 Å². The Hall–Kier alpha value is -2.45. The van der Waals surface area contributed by atoms with Gasteiger partial charge in [-0.05, 0) is 43.7 Å². The highest BCUT2D eigenvalue weighted by molar-refractivity contribution is 7.89. The monoisotopic (exact) mass is 381 g/mol. The molecule has 0 heterocycles. The van der Waals surface area contributed by atoms with Gasteiger partial charge in [0.25, 0.3) is 0 Å². The molecule has 8 heteroatoms. The Balaban J connectivity index is 1.83. The van der Waals surface area contributed by atoms with Gasteiger partial charge in [-0.1, -0.05) is 24.3 Å². The van der Waals surface area contributed by atoms with Crippen LogP contribution < -0.4 is 9.46 Å². The van der Waals surface area contributed by atoms with Gasteiger partial charge in [0.05, 0.1) is 0 Å². The number of sulfonamides is 1. The van der Waals surface area contributed by atoms with E-state index in [9.17, 15) is 17.6 Å². The molecule has 0 aromatic heterocycles. The molecule has 1 atom stereocenters. The van der Waals surface area contributed by atoms with Crippen LogP contribution in [0.15, 0.2) is 53.4 Å². The van der Waals surface area contributed by atoms with Crippen molar-refractivity contribution in [2.24, 2.45) is 0 Å². The third kappa shape index (κ3) is 5.53. The van der Waals surface area contributed by atoms with E-state index in [2.05, 4.69) is 4.72 Å². The van der Waals surface area contributed by atoms with Gasteiger partial charge in [-0.3, -0.25) is 4.79 Å². The second-order valence-corrected chi connectivity index (χ2v) is 7.29. The minimum absolute atomic E-state index is 0.0431. The summed E-state index contributed by atoms with van der Waals surface area (Å²) >= 11 is 0. The molecule has 0 unspecified atom stereocenters. The molecule has 0 spiro atoms. The number of aryl methyl sites for hydroxylation is 1. The molecule has 2 rings (SSSR count). The van der Waals surface area contributed by atoms with Gasteiger partial charge in [-0.15, -0.1) is 0 Å². The zero-order valence-electron chi connectivity index (χ0n) is 14.4. The summed E-state index contributed by atoms with van der Waals surface area (Å²) < 4.78 is 50.4. The van der Waals surface area contributed by atoms with E-state index in [0.29, 0.717) is 5.75 Å². The van der Waals surface area contributed by atoms with Crippen LogP contribution in [0.2, 0.25) is 0 Å². The topological polar surface area (TPSA) is 81.7 Å². The molecule has 0 saturated carbocycles. The molecule has 6 nitrogen and oxygen atoms in total. The number of benzene rings is 2. The zero-order valence-corrected chi connectivity index (χ0v) is 15.3. The van der Waals surface area contributed by atoms with Crippen molar-refractivity contribution >= 4 is 16.0 Å². The molecule has 140 valence electrons. The fraction of sp³-hybridized carbons (Fsp3) is 0.278. The van der Waals surface area contributed by atoms with Crippen molar-refractivity contribution in [3.05, 3.63) is 59.9 Å². The van der Waals surface area contributed by atoms with Gasteiger partial charge in [0.1, 0.15) is 35.7 Å². The molecule has 2 aromatic rings. The molecule has 0 radical (unpaired) electrons. The standard InChI is InChI=1S/C18H20FNO5S/c1-13-6-5-7-15(12-13)24-10-11-25-18(21)14(2)20-26(22,23)17-9-4-3-8-16(17)19/h3-9,12,14,20H,10-11H2,1-2H3/t14-/m1/s1. The molecule has 0 aliphatic rings. The first-order chi connectivity index (χ1) is 12.3. The maximum Gasteiger partial charge on any atom is 0.324 e. The quantitative estimate of drug-likeness (QED) is 0.561. The zero-order chi connectivity index (χ0) is 19.2. The number of halogens is 1. The highest BCUT2D eigenvalue weighted by atomic mass is 32.2. The number of hydrogen-bond donors (Lipinski definition) is 1. The average molecular weight is 381 g/mol. The predicted octanol–water partition coefficient (Wildman–Crippen LogP) is 2.42. The van der Waals surface area contributed by atoms with Gasteiger partial charge in [-0.25, -0.2) is 12.8 Å². The molecule has 0 bridgehead atoms. The summed E-state index contributed by atoms with van der Waals surface area (Å²) in [5, 5.41) is 0. The predicted molar refractivity (Wildman–Crippen MR) is 93.8 cm³/mol. The SMILES string of the molecule is Cc1cccc(OCCOC(=O)[C@@H](C)NS(=O)(=O)c2ccccc2F)c1. The smallest absolute Gasteiger partial charge is 0.324 e. The van der Waals surface area contributed by atoms with Crippen molar-refractivity contribution in [2.45, 2.75) is 24.8 Å². The first kappa shape index (κ1) is 19.9. The van der Waals surface area contributed by atoms with Crippen molar-refractivity contribution in [1.82, 2.24) is 4.72 Å². The van der Waals surface area contributed by atoms with Gasteiger partial charge in [-0.2, -0.15) is 4.72 Å².